The number of phenolic OH excluding ortho intramolecular Hbond substituents is 2. The summed E-state index contributed by atoms with van der Waals surface area (Å²) < 4.78 is 32.7. The van der Waals surface area contributed by atoms with Crippen molar-refractivity contribution in [2.75, 3.05) is 28.4 Å². The number of hydrogen-bond donors (Lipinski definition) is 2. The minimum absolute atomic E-state index is 0.153. The summed E-state index contributed by atoms with van der Waals surface area (Å²) in [5.41, 5.74) is 1.97. The second-order valence-electron chi connectivity index (χ2n) is 7.28. The normalized spacial score (nSPS) is 12.4. The molecule has 4 aromatic rings. The fourth-order valence-corrected chi connectivity index (χ4v) is 3.98. The monoisotopic (exact) mass is 468 g/mol. The SMILES string of the molecule is COc1c(/C(C)=N/N=C(\C)c2c(O)c(OC)c3occc3c2OC)c(O)c(OC)c2occc12. The number of benzene rings is 2. The molecule has 2 heterocycles. The molecule has 0 bridgehead atoms. The van der Waals surface area contributed by atoms with Gasteiger partial charge in [-0.1, -0.05) is 0 Å². The van der Waals surface area contributed by atoms with Crippen molar-refractivity contribution in [1.29, 1.82) is 0 Å². The van der Waals surface area contributed by atoms with Crippen molar-refractivity contribution in [1.82, 2.24) is 0 Å². The van der Waals surface area contributed by atoms with Crippen LogP contribution in [-0.2, 0) is 0 Å². The zero-order valence-electron chi connectivity index (χ0n) is 19.5. The van der Waals surface area contributed by atoms with Crippen molar-refractivity contribution in [3.05, 3.63) is 35.8 Å². The highest BCUT2D eigenvalue weighted by atomic mass is 16.5. The maximum Gasteiger partial charge on any atom is 0.205 e. The molecule has 0 radical (unpaired) electrons. The van der Waals surface area contributed by atoms with Crippen LogP contribution in [-0.4, -0.2) is 50.1 Å². The molecule has 2 aromatic heterocycles. The number of nitrogens with zero attached hydrogens (tertiary/aromatic N) is 2. The smallest absolute Gasteiger partial charge is 0.205 e. The van der Waals surface area contributed by atoms with Crippen LogP contribution < -0.4 is 18.9 Å². The zero-order chi connectivity index (χ0) is 24.6. The van der Waals surface area contributed by atoms with Crippen molar-refractivity contribution >= 4 is 33.4 Å². The Morgan fingerprint density at radius 1 is 0.647 bits per heavy atom. The van der Waals surface area contributed by atoms with Gasteiger partial charge in [0.1, 0.15) is 11.5 Å². The van der Waals surface area contributed by atoms with E-state index < -0.39 is 0 Å². The quantitative estimate of drug-likeness (QED) is 0.291. The van der Waals surface area contributed by atoms with Gasteiger partial charge in [0.25, 0.3) is 0 Å². The summed E-state index contributed by atoms with van der Waals surface area (Å²) in [6.45, 7) is 3.33. The van der Waals surface area contributed by atoms with Crippen LogP contribution in [0.3, 0.4) is 0 Å². The molecule has 0 atom stereocenters. The molecule has 0 saturated heterocycles. The van der Waals surface area contributed by atoms with Crippen LogP contribution in [0.4, 0.5) is 0 Å². The van der Waals surface area contributed by atoms with Crippen LogP contribution >= 0.6 is 0 Å². The number of phenols is 2. The minimum atomic E-state index is -0.196. The molecule has 10 nitrogen and oxygen atoms in total. The van der Waals surface area contributed by atoms with E-state index in [0.29, 0.717) is 56.0 Å². The van der Waals surface area contributed by atoms with Gasteiger partial charge in [0.2, 0.25) is 11.5 Å². The van der Waals surface area contributed by atoms with Gasteiger partial charge in [-0.2, -0.15) is 10.2 Å². The lowest BCUT2D eigenvalue weighted by Crippen LogP contribution is -2.04. The molecule has 0 spiro atoms. The number of furan rings is 2. The molecule has 4 rings (SSSR count). The lowest BCUT2D eigenvalue weighted by molar-refractivity contribution is 0.364. The predicted octanol–water partition coefficient (Wildman–Crippen LogP) is 4.86. The molecule has 0 aliphatic carbocycles. The standard InChI is InChI=1S/C24H24N2O8/c1-11(15-17(27)23(31-5)21-13(7-9-33-21)19(15)29-3)25-26-12(2)16-18(28)24(32-6)22-14(8-10-34-22)20(16)30-4/h7-10,27-28H,1-6H3/b25-11+,26-12+. The molecule has 0 amide bonds. The molecule has 2 aromatic carbocycles. The van der Waals surface area contributed by atoms with Gasteiger partial charge in [-0.3, -0.25) is 0 Å². The van der Waals surface area contributed by atoms with Crippen LogP contribution in [0.5, 0.6) is 34.5 Å². The van der Waals surface area contributed by atoms with Crippen molar-refractivity contribution in [3.63, 3.8) is 0 Å². The number of rotatable bonds is 7. The Morgan fingerprint density at radius 2 is 1.00 bits per heavy atom. The maximum absolute atomic E-state index is 10.9. The summed E-state index contributed by atoms with van der Waals surface area (Å²) >= 11 is 0. The van der Waals surface area contributed by atoms with Crippen LogP contribution in [0, 0.1) is 0 Å². The average Bonchev–Trinajstić information content (AvgIpc) is 3.50. The van der Waals surface area contributed by atoms with Gasteiger partial charge >= 0.3 is 0 Å². The maximum atomic E-state index is 10.9. The summed E-state index contributed by atoms with van der Waals surface area (Å²) in [6.07, 6.45) is 2.95. The van der Waals surface area contributed by atoms with E-state index in [-0.39, 0.29) is 23.0 Å². The number of methoxy groups -OCH3 is 4. The van der Waals surface area contributed by atoms with E-state index >= 15 is 0 Å². The van der Waals surface area contributed by atoms with Gasteiger partial charge in [-0.25, -0.2) is 0 Å². The second-order valence-corrected chi connectivity index (χ2v) is 7.28. The van der Waals surface area contributed by atoms with Gasteiger partial charge in [0, 0.05) is 0 Å². The van der Waals surface area contributed by atoms with E-state index in [0.717, 1.165) is 0 Å². The first-order valence-electron chi connectivity index (χ1n) is 10.2. The molecule has 10 heteroatoms. The third kappa shape index (κ3) is 3.35. The molecular weight excluding hydrogens is 444 g/mol. The Morgan fingerprint density at radius 3 is 1.32 bits per heavy atom. The minimum Gasteiger partial charge on any atom is -0.504 e. The molecule has 0 fully saturated rings. The lowest BCUT2D eigenvalue weighted by Gasteiger charge is -2.15. The van der Waals surface area contributed by atoms with Crippen LogP contribution in [0.15, 0.2) is 43.7 Å². The lowest BCUT2D eigenvalue weighted by atomic mass is 10.0. The first-order chi connectivity index (χ1) is 16.4. The topological polar surface area (TPSA) is 128 Å². The first-order valence-corrected chi connectivity index (χ1v) is 10.2. The van der Waals surface area contributed by atoms with Crippen molar-refractivity contribution in [2.45, 2.75) is 13.8 Å². The molecule has 178 valence electrons. The van der Waals surface area contributed by atoms with Gasteiger partial charge in [0.15, 0.2) is 22.7 Å². The van der Waals surface area contributed by atoms with E-state index in [4.69, 9.17) is 27.8 Å². The van der Waals surface area contributed by atoms with Gasteiger partial charge in [-0.05, 0) is 26.0 Å². The van der Waals surface area contributed by atoms with Crippen molar-refractivity contribution in [3.8, 4) is 34.5 Å². The summed E-state index contributed by atoms with van der Waals surface area (Å²) in [5.74, 6) is 0.632. The molecule has 0 saturated carbocycles. The second kappa shape index (κ2) is 8.89. The molecule has 0 unspecified atom stereocenters. The third-order valence-electron chi connectivity index (χ3n) is 5.48. The third-order valence-corrected chi connectivity index (χ3v) is 5.48. The Balaban J connectivity index is 1.89. The molecule has 0 aliphatic rings. The Bertz CT molecular complexity index is 1330. The van der Waals surface area contributed by atoms with E-state index in [2.05, 4.69) is 10.2 Å². The average molecular weight is 468 g/mol. The molecule has 0 aliphatic heterocycles. The van der Waals surface area contributed by atoms with Crippen LogP contribution in [0.25, 0.3) is 21.9 Å². The fraction of sp³-hybridized carbons (Fsp3) is 0.250. The molecular formula is C24H24N2O8. The summed E-state index contributed by atoms with van der Waals surface area (Å²) in [5, 5.41) is 31.6. The molecule has 34 heavy (non-hydrogen) atoms. The number of fused-ring (bicyclic) bond motifs is 2. The Hall–Kier alpha value is -4.34. The van der Waals surface area contributed by atoms with Crippen molar-refractivity contribution in [2.24, 2.45) is 10.2 Å². The van der Waals surface area contributed by atoms with E-state index in [1.54, 1.807) is 26.0 Å². The van der Waals surface area contributed by atoms with Gasteiger partial charge in [-0.15, -0.1) is 0 Å². The number of hydrogen-bond acceptors (Lipinski definition) is 10. The van der Waals surface area contributed by atoms with E-state index in [9.17, 15) is 10.2 Å². The summed E-state index contributed by atoms with van der Waals surface area (Å²) in [6, 6.07) is 3.41. The van der Waals surface area contributed by atoms with E-state index in [1.807, 2.05) is 0 Å². The van der Waals surface area contributed by atoms with Crippen molar-refractivity contribution < 1.29 is 38.0 Å². The molecule has 2 N–H and O–H groups in total. The van der Waals surface area contributed by atoms with Crippen LogP contribution in [0.2, 0.25) is 0 Å². The number of ether oxygens (including phenoxy) is 4. The van der Waals surface area contributed by atoms with Gasteiger partial charge < -0.3 is 38.0 Å². The highest BCUT2D eigenvalue weighted by molar-refractivity contribution is 6.12. The van der Waals surface area contributed by atoms with Gasteiger partial charge in [0.05, 0.1) is 74.3 Å². The predicted molar refractivity (Wildman–Crippen MR) is 126 cm³/mol. The highest BCUT2D eigenvalue weighted by Gasteiger charge is 2.26. The zero-order valence-corrected chi connectivity index (χ0v) is 19.5. The van der Waals surface area contributed by atoms with Crippen LogP contribution in [0.1, 0.15) is 25.0 Å². The highest BCUT2D eigenvalue weighted by Crippen LogP contribution is 2.47. The summed E-state index contributed by atoms with van der Waals surface area (Å²) in [4.78, 5) is 0. The van der Waals surface area contributed by atoms with E-state index in [1.165, 1.54) is 41.0 Å². The fourth-order valence-electron chi connectivity index (χ4n) is 3.98. The summed E-state index contributed by atoms with van der Waals surface area (Å²) in [7, 11) is 5.82. The largest absolute Gasteiger partial charge is 0.504 e. The Kier molecular flexibility index (Phi) is 5.97. The first kappa shape index (κ1) is 22.8. The Labute approximate surface area is 194 Å². The number of aromatic hydroxyl groups is 2.